The van der Waals surface area contributed by atoms with E-state index < -0.39 is 6.10 Å². The minimum absolute atomic E-state index is 0.243. The Morgan fingerprint density at radius 2 is 2.10 bits per heavy atom. The SMILES string of the molecule is CCCCOCC(O)COc1ccc(Br)cc1CNCC. The van der Waals surface area contributed by atoms with Crippen LogP contribution in [0.2, 0.25) is 0 Å². The quantitative estimate of drug-likeness (QED) is 0.596. The van der Waals surface area contributed by atoms with Crippen LogP contribution in [0.3, 0.4) is 0 Å². The van der Waals surface area contributed by atoms with E-state index in [0.717, 1.165) is 41.7 Å². The monoisotopic (exact) mass is 359 g/mol. The Kier molecular flexibility index (Phi) is 9.67. The van der Waals surface area contributed by atoms with Crippen LogP contribution in [0.25, 0.3) is 0 Å². The molecule has 1 unspecified atom stereocenters. The summed E-state index contributed by atoms with van der Waals surface area (Å²) in [5.41, 5.74) is 1.07. The van der Waals surface area contributed by atoms with Gasteiger partial charge in [0.05, 0.1) is 6.61 Å². The Morgan fingerprint density at radius 1 is 1.29 bits per heavy atom. The molecular weight excluding hydrogens is 334 g/mol. The number of hydrogen-bond donors (Lipinski definition) is 2. The van der Waals surface area contributed by atoms with E-state index in [1.165, 1.54) is 0 Å². The van der Waals surface area contributed by atoms with Gasteiger partial charge in [0.15, 0.2) is 0 Å². The molecule has 120 valence electrons. The summed E-state index contributed by atoms with van der Waals surface area (Å²) in [7, 11) is 0. The largest absolute Gasteiger partial charge is 0.490 e. The molecule has 0 bridgehead atoms. The molecule has 1 aromatic carbocycles. The van der Waals surface area contributed by atoms with Crippen LogP contribution in [-0.4, -0.2) is 37.6 Å². The minimum Gasteiger partial charge on any atom is -0.490 e. The van der Waals surface area contributed by atoms with Crippen LogP contribution in [0.15, 0.2) is 22.7 Å². The molecule has 1 atom stereocenters. The van der Waals surface area contributed by atoms with Crippen molar-refractivity contribution in [2.75, 3.05) is 26.4 Å². The zero-order valence-electron chi connectivity index (χ0n) is 12.9. The van der Waals surface area contributed by atoms with Crippen molar-refractivity contribution in [3.63, 3.8) is 0 Å². The van der Waals surface area contributed by atoms with Gasteiger partial charge in [-0.25, -0.2) is 0 Å². The van der Waals surface area contributed by atoms with Crippen LogP contribution < -0.4 is 10.1 Å². The van der Waals surface area contributed by atoms with E-state index in [4.69, 9.17) is 9.47 Å². The Bertz CT molecular complexity index is 401. The average molecular weight is 360 g/mol. The maximum absolute atomic E-state index is 9.86. The van der Waals surface area contributed by atoms with Crippen LogP contribution in [0.1, 0.15) is 32.3 Å². The van der Waals surface area contributed by atoms with E-state index >= 15 is 0 Å². The number of halogens is 1. The van der Waals surface area contributed by atoms with Crippen molar-refractivity contribution < 1.29 is 14.6 Å². The van der Waals surface area contributed by atoms with Gasteiger partial charge in [0, 0.05) is 23.2 Å². The first-order valence-electron chi connectivity index (χ1n) is 7.55. The molecule has 21 heavy (non-hydrogen) atoms. The number of unbranched alkanes of at least 4 members (excludes halogenated alkanes) is 1. The van der Waals surface area contributed by atoms with Crippen LogP contribution in [0, 0.1) is 0 Å². The Labute approximate surface area is 136 Å². The maximum Gasteiger partial charge on any atom is 0.124 e. The van der Waals surface area contributed by atoms with Crippen molar-refractivity contribution in [3.8, 4) is 5.75 Å². The van der Waals surface area contributed by atoms with E-state index in [2.05, 4.69) is 35.1 Å². The summed E-state index contributed by atoms with van der Waals surface area (Å²) in [6.45, 7) is 7.08. The van der Waals surface area contributed by atoms with Gasteiger partial charge in [-0.3, -0.25) is 0 Å². The molecule has 0 radical (unpaired) electrons. The van der Waals surface area contributed by atoms with E-state index in [1.54, 1.807) is 0 Å². The molecular formula is C16H26BrNO3. The molecule has 0 aromatic heterocycles. The zero-order chi connectivity index (χ0) is 15.5. The summed E-state index contributed by atoms with van der Waals surface area (Å²) in [6, 6.07) is 5.89. The summed E-state index contributed by atoms with van der Waals surface area (Å²) < 4.78 is 12.1. The van der Waals surface area contributed by atoms with Gasteiger partial charge in [0.25, 0.3) is 0 Å². The summed E-state index contributed by atoms with van der Waals surface area (Å²) in [5.74, 6) is 0.798. The summed E-state index contributed by atoms with van der Waals surface area (Å²) >= 11 is 3.46. The fourth-order valence-corrected chi connectivity index (χ4v) is 2.19. The van der Waals surface area contributed by atoms with E-state index in [-0.39, 0.29) is 6.61 Å². The molecule has 0 amide bonds. The van der Waals surface area contributed by atoms with E-state index in [9.17, 15) is 5.11 Å². The van der Waals surface area contributed by atoms with Crippen LogP contribution >= 0.6 is 15.9 Å². The molecule has 1 aromatic rings. The highest BCUT2D eigenvalue weighted by atomic mass is 79.9. The molecule has 4 nitrogen and oxygen atoms in total. The predicted molar refractivity (Wildman–Crippen MR) is 88.8 cm³/mol. The number of benzene rings is 1. The van der Waals surface area contributed by atoms with Crippen molar-refractivity contribution in [1.29, 1.82) is 0 Å². The highest BCUT2D eigenvalue weighted by Crippen LogP contribution is 2.23. The first-order valence-corrected chi connectivity index (χ1v) is 8.34. The fraction of sp³-hybridized carbons (Fsp3) is 0.625. The number of aliphatic hydroxyl groups is 1. The standard InChI is InChI=1S/C16H26BrNO3/c1-3-5-8-20-11-15(19)12-21-16-7-6-14(17)9-13(16)10-18-4-2/h6-7,9,15,18-19H,3-5,8,10-12H2,1-2H3. The van der Waals surface area contributed by atoms with Crippen molar-refractivity contribution in [1.82, 2.24) is 5.32 Å². The van der Waals surface area contributed by atoms with Crippen LogP contribution in [-0.2, 0) is 11.3 Å². The van der Waals surface area contributed by atoms with Crippen LogP contribution in [0.4, 0.5) is 0 Å². The molecule has 0 aliphatic heterocycles. The Morgan fingerprint density at radius 3 is 2.81 bits per heavy atom. The van der Waals surface area contributed by atoms with Gasteiger partial charge in [-0.05, 0) is 31.2 Å². The number of nitrogens with one attached hydrogen (secondary N) is 1. The molecule has 0 fully saturated rings. The highest BCUT2D eigenvalue weighted by Gasteiger charge is 2.09. The second-order valence-corrected chi connectivity index (χ2v) is 5.84. The van der Waals surface area contributed by atoms with E-state index in [1.807, 2.05) is 18.2 Å². The first-order chi connectivity index (χ1) is 10.2. The lowest BCUT2D eigenvalue weighted by Gasteiger charge is -2.15. The molecule has 0 heterocycles. The lowest BCUT2D eigenvalue weighted by atomic mass is 10.2. The summed E-state index contributed by atoms with van der Waals surface area (Å²) in [4.78, 5) is 0. The predicted octanol–water partition coefficient (Wildman–Crippen LogP) is 3.12. The van der Waals surface area contributed by atoms with Crippen molar-refractivity contribution >= 4 is 15.9 Å². The fourth-order valence-electron chi connectivity index (χ4n) is 1.79. The highest BCUT2D eigenvalue weighted by molar-refractivity contribution is 9.10. The zero-order valence-corrected chi connectivity index (χ0v) is 14.5. The molecule has 1 rings (SSSR count). The second kappa shape index (κ2) is 11.0. The van der Waals surface area contributed by atoms with Crippen molar-refractivity contribution in [2.24, 2.45) is 0 Å². The first kappa shape index (κ1) is 18.4. The van der Waals surface area contributed by atoms with Gasteiger partial charge in [0.2, 0.25) is 0 Å². The Balaban J connectivity index is 2.42. The van der Waals surface area contributed by atoms with Gasteiger partial charge >= 0.3 is 0 Å². The third-order valence-corrected chi connectivity index (χ3v) is 3.46. The minimum atomic E-state index is -0.600. The van der Waals surface area contributed by atoms with Gasteiger partial charge in [-0.2, -0.15) is 0 Å². The number of rotatable bonds is 11. The van der Waals surface area contributed by atoms with Crippen molar-refractivity contribution in [2.45, 2.75) is 39.3 Å². The molecule has 0 saturated heterocycles. The molecule has 0 spiro atoms. The molecule has 0 saturated carbocycles. The third kappa shape index (κ3) is 7.81. The maximum atomic E-state index is 9.86. The third-order valence-electron chi connectivity index (χ3n) is 2.97. The smallest absolute Gasteiger partial charge is 0.124 e. The second-order valence-electron chi connectivity index (χ2n) is 4.93. The summed E-state index contributed by atoms with van der Waals surface area (Å²) in [6.07, 6.45) is 1.52. The summed E-state index contributed by atoms with van der Waals surface area (Å²) in [5, 5.41) is 13.1. The number of ether oxygens (including phenoxy) is 2. The van der Waals surface area contributed by atoms with Crippen LogP contribution in [0.5, 0.6) is 5.75 Å². The molecule has 0 aliphatic rings. The van der Waals surface area contributed by atoms with E-state index in [0.29, 0.717) is 13.2 Å². The topological polar surface area (TPSA) is 50.7 Å². The molecule has 2 N–H and O–H groups in total. The lowest BCUT2D eigenvalue weighted by Crippen LogP contribution is -2.24. The van der Waals surface area contributed by atoms with Gasteiger partial charge in [-0.15, -0.1) is 0 Å². The van der Waals surface area contributed by atoms with Crippen molar-refractivity contribution in [3.05, 3.63) is 28.2 Å². The molecule has 5 heteroatoms. The number of aliphatic hydroxyl groups excluding tert-OH is 1. The van der Waals surface area contributed by atoms with Gasteiger partial charge in [-0.1, -0.05) is 36.2 Å². The van der Waals surface area contributed by atoms with Gasteiger partial charge in [0.1, 0.15) is 18.5 Å². The lowest BCUT2D eigenvalue weighted by molar-refractivity contribution is 0.0111. The normalized spacial score (nSPS) is 12.4. The average Bonchev–Trinajstić information content (AvgIpc) is 2.48. The molecule has 0 aliphatic carbocycles. The van der Waals surface area contributed by atoms with Gasteiger partial charge < -0.3 is 19.9 Å². The Hall–Kier alpha value is -0.620. The number of hydrogen-bond acceptors (Lipinski definition) is 4.